The van der Waals surface area contributed by atoms with Gasteiger partial charge in [-0.15, -0.1) is 0 Å². The smallest absolute Gasteiger partial charge is 0.382 e. The molecular formula is C7H6N2O4. The maximum Gasteiger partial charge on any atom is 0.382 e. The SMILES string of the molecule is O=C(O)C(=O)C(=O)Nn1cccc1. The van der Waals surface area contributed by atoms with Crippen LogP contribution < -0.4 is 5.43 Å². The van der Waals surface area contributed by atoms with Gasteiger partial charge < -0.3 is 5.11 Å². The molecule has 0 atom stereocenters. The van der Waals surface area contributed by atoms with Gasteiger partial charge in [0.25, 0.3) is 0 Å². The topological polar surface area (TPSA) is 88.4 Å². The van der Waals surface area contributed by atoms with E-state index >= 15 is 0 Å². The summed E-state index contributed by atoms with van der Waals surface area (Å²) in [5, 5.41) is 8.16. The van der Waals surface area contributed by atoms with Crippen LogP contribution in [0.2, 0.25) is 0 Å². The van der Waals surface area contributed by atoms with Crippen molar-refractivity contribution in [3.05, 3.63) is 24.5 Å². The van der Waals surface area contributed by atoms with Crippen molar-refractivity contribution >= 4 is 17.7 Å². The number of carbonyl (C=O) groups is 3. The van der Waals surface area contributed by atoms with Gasteiger partial charge in [-0.2, -0.15) is 0 Å². The van der Waals surface area contributed by atoms with Crippen LogP contribution in [0.1, 0.15) is 0 Å². The third-order valence-corrected chi connectivity index (χ3v) is 1.24. The minimum atomic E-state index is -1.77. The van der Waals surface area contributed by atoms with Gasteiger partial charge in [-0.05, 0) is 12.1 Å². The van der Waals surface area contributed by atoms with Crippen molar-refractivity contribution in [2.45, 2.75) is 0 Å². The van der Waals surface area contributed by atoms with Gasteiger partial charge in [0.15, 0.2) is 0 Å². The van der Waals surface area contributed by atoms with E-state index in [1.165, 1.54) is 17.1 Å². The Balaban J connectivity index is 2.61. The Labute approximate surface area is 72.7 Å². The largest absolute Gasteiger partial charge is 0.475 e. The number of hydrogen-bond acceptors (Lipinski definition) is 3. The minimum absolute atomic E-state index is 1.18. The number of nitrogens with zero attached hydrogens (tertiary/aromatic N) is 1. The van der Waals surface area contributed by atoms with Gasteiger partial charge in [0, 0.05) is 12.4 Å². The molecule has 0 unspecified atom stereocenters. The molecule has 0 aliphatic rings. The normalized spacial score (nSPS) is 9.23. The Bertz CT molecular complexity index is 341. The van der Waals surface area contributed by atoms with Gasteiger partial charge in [-0.25, -0.2) is 4.79 Å². The molecule has 1 heterocycles. The van der Waals surface area contributed by atoms with Crippen LogP contribution in [-0.2, 0) is 14.4 Å². The number of aliphatic carboxylic acids is 1. The Kier molecular flexibility index (Phi) is 2.44. The Hall–Kier alpha value is -2.11. The highest BCUT2D eigenvalue weighted by atomic mass is 16.4. The van der Waals surface area contributed by atoms with Crippen LogP contribution in [0.25, 0.3) is 0 Å². The lowest BCUT2D eigenvalue weighted by atomic mass is 10.4. The van der Waals surface area contributed by atoms with Gasteiger partial charge in [-0.3, -0.25) is 19.7 Å². The summed E-state index contributed by atoms with van der Waals surface area (Å²) < 4.78 is 1.18. The lowest BCUT2D eigenvalue weighted by Crippen LogP contribution is -2.33. The van der Waals surface area contributed by atoms with E-state index in [9.17, 15) is 14.4 Å². The second-order valence-corrected chi connectivity index (χ2v) is 2.17. The number of aromatic nitrogens is 1. The van der Waals surface area contributed by atoms with E-state index in [0.717, 1.165) is 0 Å². The average molecular weight is 182 g/mol. The van der Waals surface area contributed by atoms with E-state index in [1.807, 2.05) is 0 Å². The van der Waals surface area contributed by atoms with Crippen LogP contribution in [-0.4, -0.2) is 27.4 Å². The number of carboxylic acids is 1. The summed E-state index contributed by atoms with van der Waals surface area (Å²) >= 11 is 0. The molecule has 0 aliphatic carbocycles. The first-order chi connectivity index (χ1) is 6.11. The maximum absolute atomic E-state index is 10.8. The van der Waals surface area contributed by atoms with Gasteiger partial charge in [-0.1, -0.05) is 0 Å². The number of nitrogens with one attached hydrogen (secondary N) is 1. The lowest BCUT2D eigenvalue weighted by molar-refractivity contribution is -0.152. The van der Waals surface area contributed by atoms with Gasteiger partial charge >= 0.3 is 17.7 Å². The molecular weight excluding hydrogens is 176 g/mol. The van der Waals surface area contributed by atoms with Gasteiger partial charge in [0.1, 0.15) is 0 Å². The van der Waals surface area contributed by atoms with Crippen molar-refractivity contribution in [3.8, 4) is 0 Å². The van der Waals surface area contributed by atoms with E-state index in [4.69, 9.17) is 5.11 Å². The molecule has 0 fully saturated rings. The van der Waals surface area contributed by atoms with Crippen molar-refractivity contribution in [3.63, 3.8) is 0 Å². The standard InChI is InChI=1S/C7H6N2O4/c10-5(7(12)13)6(11)8-9-3-1-2-4-9/h1-4H,(H,8,11)(H,12,13). The zero-order valence-electron chi connectivity index (χ0n) is 6.43. The van der Waals surface area contributed by atoms with Crippen molar-refractivity contribution in [1.29, 1.82) is 0 Å². The highest BCUT2D eigenvalue weighted by Crippen LogP contribution is 1.85. The molecule has 0 saturated carbocycles. The summed E-state index contributed by atoms with van der Waals surface area (Å²) in [5.74, 6) is -4.44. The number of hydrogen-bond donors (Lipinski definition) is 2. The summed E-state index contributed by atoms with van der Waals surface area (Å²) in [6.07, 6.45) is 2.93. The molecule has 0 saturated heterocycles. The zero-order valence-corrected chi connectivity index (χ0v) is 6.43. The van der Waals surface area contributed by atoms with E-state index in [2.05, 4.69) is 5.43 Å². The first-order valence-electron chi connectivity index (χ1n) is 3.33. The maximum atomic E-state index is 10.8. The predicted molar refractivity (Wildman–Crippen MR) is 41.4 cm³/mol. The molecule has 0 spiro atoms. The van der Waals surface area contributed by atoms with E-state index in [1.54, 1.807) is 12.1 Å². The molecule has 1 rings (SSSR count). The fourth-order valence-electron chi connectivity index (χ4n) is 0.674. The number of Topliss-reactive ketones (excluding diaryl/α,β-unsaturated/α-hetero) is 1. The van der Waals surface area contributed by atoms with E-state index in [-0.39, 0.29) is 0 Å². The monoisotopic (exact) mass is 182 g/mol. The van der Waals surface area contributed by atoms with Crippen molar-refractivity contribution in [2.75, 3.05) is 5.43 Å². The van der Waals surface area contributed by atoms with Crippen LogP contribution in [0.15, 0.2) is 24.5 Å². The summed E-state index contributed by atoms with van der Waals surface area (Å²) in [6.45, 7) is 0. The van der Waals surface area contributed by atoms with Gasteiger partial charge in [0.2, 0.25) is 0 Å². The minimum Gasteiger partial charge on any atom is -0.475 e. The molecule has 0 radical (unpaired) electrons. The third-order valence-electron chi connectivity index (χ3n) is 1.24. The Morgan fingerprint density at radius 3 is 2.15 bits per heavy atom. The molecule has 0 aliphatic heterocycles. The first-order valence-corrected chi connectivity index (χ1v) is 3.33. The molecule has 6 heteroatoms. The van der Waals surface area contributed by atoms with Crippen LogP contribution in [0.5, 0.6) is 0 Å². The summed E-state index contributed by atoms with van der Waals surface area (Å²) in [7, 11) is 0. The first kappa shape index (κ1) is 8.98. The number of carboxylic acid groups (broad SMARTS) is 1. The number of amides is 1. The molecule has 13 heavy (non-hydrogen) atoms. The molecule has 1 aromatic rings. The third kappa shape index (κ3) is 2.16. The highest BCUT2D eigenvalue weighted by Gasteiger charge is 2.21. The molecule has 1 aromatic heterocycles. The molecule has 0 aromatic carbocycles. The second kappa shape index (κ2) is 3.53. The molecule has 1 amide bonds. The number of carbonyl (C=O) groups excluding carboxylic acids is 2. The molecule has 68 valence electrons. The van der Waals surface area contributed by atoms with Crippen LogP contribution in [0.3, 0.4) is 0 Å². The van der Waals surface area contributed by atoms with E-state index < -0.39 is 17.7 Å². The van der Waals surface area contributed by atoms with Crippen molar-refractivity contribution in [1.82, 2.24) is 4.68 Å². The summed E-state index contributed by atoms with van der Waals surface area (Å²) in [4.78, 5) is 31.4. The average Bonchev–Trinajstić information content (AvgIpc) is 2.55. The van der Waals surface area contributed by atoms with Crippen molar-refractivity contribution < 1.29 is 19.5 Å². The fourth-order valence-corrected chi connectivity index (χ4v) is 0.674. The van der Waals surface area contributed by atoms with Crippen LogP contribution in [0.4, 0.5) is 0 Å². The Morgan fingerprint density at radius 2 is 1.69 bits per heavy atom. The van der Waals surface area contributed by atoms with Crippen molar-refractivity contribution in [2.24, 2.45) is 0 Å². The fraction of sp³-hybridized carbons (Fsp3) is 0. The van der Waals surface area contributed by atoms with E-state index in [0.29, 0.717) is 0 Å². The number of rotatable bonds is 3. The van der Waals surface area contributed by atoms with Gasteiger partial charge in [0.05, 0.1) is 0 Å². The predicted octanol–water partition coefficient (Wildman–Crippen LogP) is -0.788. The molecule has 0 bridgehead atoms. The second-order valence-electron chi connectivity index (χ2n) is 2.17. The molecule has 6 nitrogen and oxygen atoms in total. The van der Waals surface area contributed by atoms with Crippen LogP contribution in [0, 0.1) is 0 Å². The zero-order chi connectivity index (χ0) is 9.84. The molecule has 2 N–H and O–H groups in total. The highest BCUT2D eigenvalue weighted by molar-refractivity contribution is 6.62. The number of ketones is 1. The van der Waals surface area contributed by atoms with Crippen LogP contribution >= 0.6 is 0 Å². The lowest BCUT2D eigenvalue weighted by Gasteiger charge is -2.01. The quantitative estimate of drug-likeness (QED) is 0.473. The Morgan fingerprint density at radius 1 is 1.15 bits per heavy atom. The summed E-state index contributed by atoms with van der Waals surface area (Å²) in [5.41, 5.74) is 2.05. The summed E-state index contributed by atoms with van der Waals surface area (Å²) in [6, 6.07) is 3.23.